The molecule has 21 heavy (non-hydrogen) atoms. The minimum absolute atomic E-state index is 0.0204. The van der Waals surface area contributed by atoms with E-state index in [0.29, 0.717) is 16.0 Å². The van der Waals surface area contributed by atoms with Crippen LogP contribution in [0.2, 0.25) is 0 Å². The molecule has 2 aromatic rings. The number of hydrogen-bond donors (Lipinski definition) is 1. The summed E-state index contributed by atoms with van der Waals surface area (Å²) in [7, 11) is 1.90. The Labute approximate surface area is 131 Å². The smallest absolute Gasteiger partial charge is 0.287 e. The maximum absolute atomic E-state index is 10.9. The molecule has 0 spiro atoms. The zero-order valence-corrected chi connectivity index (χ0v) is 13.3. The number of halogens is 1. The molecule has 0 aliphatic carbocycles. The van der Waals surface area contributed by atoms with Crippen LogP contribution in [0.25, 0.3) is 0 Å². The van der Waals surface area contributed by atoms with Crippen molar-refractivity contribution in [2.45, 2.75) is 13.0 Å². The van der Waals surface area contributed by atoms with E-state index in [2.05, 4.69) is 28.2 Å². The zero-order chi connectivity index (χ0) is 15.4. The Morgan fingerprint density at radius 3 is 2.48 bits per heavy atom. The summed E-state index contributed by atoms with van der Waals surface area (Å²) in [5, 5.41) is 14.0. The second-order valence-corrected chi connectivity index (χ2v) is 5.32. The molecule has 0 amide bonds. The van der Waals surface area contributed by atoms with Crippen molar-refractivity contribution >= 4 is 21.6 Å². The van der Waals surface area contributed by atoms with Crippen LogP contribution in [0.15, 0.2) is 46.9 Å². The van der Waals surface area contributed by atoms with Crippen molar-refractivity contribution in [2.75, 3.05) is 7.05 Å². The Morgan fingerprint density at radius 1 is 1.24 bits per heavy atom. The highest BCUT2D eigenvalue weighted by atomic mass is 79.9. The molecule has 0 aromatic heterocycles. The third-order valence-electron chi connectivity index (χ3n) is 3.18. The van der Waals surface area contributed by atoms with Crippen LogP contribution in [0.1, 0.15) is 18.5 Å². The summed E-state index contributed by atoms with van der Waals surface area (Å²) in [5.74, 6) is 1.04. The van der Waals surface area contributed by atoms with E-state index in [4.69, 9.17) is 4.74 Å². The molecule has 110 valence electrons. The fourth-order valence-electron chi connectivity index (χ4n) is 1.84. The van der Waals surface area contributed by atoms with E-state index in [0.717, 1.165) is 5.56 Å². The van der Waals surface area contributed by atoms with Gasteiger partial charge in [0.15, 0.2) is 0 Å². The lowest BCUT2D eigenvalue weighted by molar-refractivity contribution is -0.385. The third kappa shape index (κ3) is 3.59. The van der Waals surface area contributed by atoms with E-state index in [1.165, 1.54) is 6.07 Å². The fourth-order valence-corrected chi connectivity index (χ4v) is 2.33. The SMILES string of the molecule is CNC(C)c1ccc(Oc2cccc([N+](=O)[O-])c2Br)cc1. The van der Waals surface area contributed by atoms with Crippen molar-refractivity contribution in [1.29, 1.82) is 0 Å². The van der Waals surface area contributed by atoms with Crippen LogP contribution < -0.4 is 10.1 Å². The number of ether oxygens (including phenoxy) is 1. The summed E-state index contributed by atoms with van der Waals surface area (Å²) in [6, 6.07) is 12.6. The Bertz CT molecular complexity index is 644. The Hall–Kier alpha value is -1.92. The van der Waals surface area contributed by atoms with Gasteiger partial charge >= 0.3 is 0 Å². The van der Waals surface area contributed by atoms with Crippen molar-refractivity contribution in [3.8, 4) is 11.5 Å². The Morgan fingerprint density at radius 2 is 1.90 bits per heavy atom. The highest BCUT2D eigenvalue weighted by Crippen LogP contribution is 2.36. The molecule has 0 heterocycles. The van der Waals surface area contributed by atoms with Crippen LogP contribution in [-0.2, 0) is 0 Å². The van der Waals surface area contributed by atoms with Gasteiger partial charge in [-0.05, 0) is 53.7 Å². The van der Waals surface area contributed by atoms with Gasteiger partial charge in [-0.2, -0.15) is 0 Å². The van der Waals surface area contributed by atoms with Gasteiger partial charge in [0.1, 0.15) is 16.0 Å². The van der Waals surface area contributed by atoms with Gasteiger partial charge < -0.3 is 10.1 Å². The van der Waals surface area contributed by atoms with E-state index in [9.17, 15) is 10.1 Å². The quantitative estimate of drug-likeness (QED) is 0.639. The van der Waals surface area contributed by atoms with Crippen LogP contribution >= 0.6 is 15.9 Å². The number of benzene rings is 2. The monoisotopic (exact) mass is 350 g/mol. The summed E-state index contributed by atoms with van der Waals surface area (Å²) in [5.41, 5.74) is 1.12. The molecule has 0 saturated heterocycles. The van der Waals surface area contributed by atoms with E-state index >= 15 is 0 Å². The summed E-state index contributed by atoms with van der Waals surface area (Å²) >= 11 is 3.21. The molecular formula is C15H15BrN2O3. The van der Waals surface area contributed by atoms with E-state index in [-0.39, 0.29) is 11.7 Å². The molecule has 0 aliphatic rings. The first-order chi connectivity index (χ1) is 10.0. The Kier molecular flexibility index (Phi) is 4.93. The highest BCUT2D eigenvalue weighted by Gasteiger charge is 2.16. The molecule has 0 saturated carbocycles. The number of hydrogen-bond acceptors (Lipinski definition) is 4. The molecule has 1 N–H and O–H groups in total. The van der Waals surface area contributed by atoms with Crippen molar-refractivity contribution in [3.63, 3.8) is 0 Å². The van der Waals surface area contributed by atoms with E-state index in [1.807, 2.05) is 31.3 Å². The average Bonchev–Trinajstić information content (AvgIpc) is 2.49. The molecular weight excluding hydrogens is 336 g/mol. The molecule has 2 aromatic carbocycles. The standard InChI is InChI=1S/C15H15BrN2O3/c1-10(17-2)11-6-8-12(9-7-11)21-14-5-3-4-13(15(14)16)18(19)20/h3-10,17H,1-2H3. The zero-order valence-electron chi connectivity index (χ0n) is 11.7. The Balaban J connectivity index is 2.22. The van der Waals surface area contributed by atoms with Crippen LogP contribution in [0.3, 0.4) is 0 Å². The molecule has 6 heteroatoms. The first kappa shape index (κ1) is 15.5. The van der Waals surface area contributed by atoms with Gasteiger partial charge in [-0.15, -0.1) is 0 Å². The lowest BCUT2D eigenvalue weighted by atomic mass is 10.1. The van der Waals surface area contributed by atoms with Crippen LogP contribution in [0.4, 0.5) is 5.69 Å². The van der Waals surface area contributed by atoms with Gasteiger partial charge in [-0.1, -0.05) is 18.2 Å². The summed E-state index contributed by atoms with van der Waals surface area (Å²) in [6.07, 6.45) is 0. The molecule has 1 unspecified atom stereocenters. The normalized spacial score (nSPS) is 12.0. The number of rotatable bonds is 5. The van der Waals surface area contributed by atoms with Gasteiger partial charge in [0.25, 0.3) is 5.69 Å². The van der Waals surface area contributed by atoms with Crippen molar-refractivity contribution < 1.29 is 9.66 Å². The molecule has 5 nitrogen and oxygen atoms in total. The van der Waals surface area contributed by atoms with E-state index < -0.39 is 4.92 Å². The van der Waals surface area contributed by atoms with Crippen molar-refractivity contribution in [1.82, 2.24) is 5.32 Å². The fraction of sp³-hybridized carbons (Fsp3) is 0.200. The second kappa shape index (κ2) is 6.69. The number of nitro groups is 1. The van der Waals surface area contributed by atoms with Crippen molar-refractivity contribution in [3.05, 3.63) is 62.6 Å². The first-order valence-corrected chi connectivity index (χ1v) is 7.20. The van der Waals surface area contributed by atoms with Gasteiger partial charge in [0.05, 0.1) is 4.92 Å². The average molecular weight is 351 g/mol. The van der Waals surface area contributed by atoms with E-state index in [1.54, 1.807) is 12.1 Å². The highest BCUT2D eigenvalue weighted by molar-refractivity contribution is 9.10. The van der Waals surface area contributed by atoms with Crippen LogP contribution in [0.5, 0.6) is 11.5 Å². The number of nitrogens with one attached hydrogen (secondary N) is 1. The molecule has 2 rings (SSSR count). The minimum atomic E-state index is -0.450. The predicted molar refractivity (Wildman–Crippen MR) is 84.8 cm³/mol. The topological polar surface area (TPSA) is 64.4 Å². The molecule has 0 bridgehead atoms. The van der Waals surface area contributed by atoms with Gasteiger partial charge in [0.2, 0.25) is 0 Å². The number of nitro benzene ring substituents is 1. The summed E-state index contributed by atoms with van der Waals surface area (Å²) in [6.45, 7) is 2.06. The largest absolute Gasteiger partial charge is 0.456 e. The maximum Gasteiger partial charge on any atom is 0.287 e. The lowest BCUT2D eigenvalue weighted by Gasteiger charge is -2.12. The number of nitrogens with zero attached hydrogens (tertiary/aromatic N) is 1. The van der Waals surface area contributed by atoms with Gasteiger partial charge in [-0.3, -0.25) is 10.1 Å². The predicted octanol–water partition coefficient (Wildman–Crippen LogP) is 4.43. The first-order valence-electron chi connectivity index (χ1n) is 6.41. The summed E-state index contributed by atoms with van der Waals surface area (Å²) in [4.78, 5) is 10.4. The molecule has 0 radical (unpaired) electrons. The van der Waals surface area contributed by atoms with Crippen LogP contribution in [-0.4, -0.2) is 12.0 Å². The van der Waals surface area contributed by atoms with Crippen LogP contribution in [0, 0.1) is 10.1 Å². The lowest BCUT2D eigenvalue weighted by Crippen LogP contribution is -2.11. The van der Waals surface area contributed by atoms with Gasteiger partial charge in [0, 0.05) is 12.1 Å². The maximum atomic E-state index is 10.9. The second-order valence-electron chi connectivity index (χ2n) is 4.53. The van der Waals surface area contributed by atoms with Crippen molar-refractivity contribution in [2.24, 2.45) is 0 Å². The molecule has 0 fully saturated rings. The minimum Gasteiger partial charge on any atom is -0.456 e. The summed E-state index contributed by atoms with van der Waals surface area (Å²) < 4.78 is 6.03. The molecule has 0 aliphatic heterocycles. The third-order valence-corrected chi connectivity index (χ3v) is 3.98. The molecule has 1 atom stereocenters. The van der Waals surface area contributed by atoms with Gasteiger partial charge in [-0.25, -0.2) is 0 Å².